The van der Waals surface area contributed by atoms with Gasteiger partial charge in [-0.1, -0.05) is 105 Å². The van der Waals surface area contributed by atoms with Gasteiger partial charge in [0.05, 0.1) is 5.41 Å². The minimum absolute atomic E-state index is 0.133. The van der Waals surface area contributed by atoms with E-state index in [2.05, 4.69) is 27.7 Å². The quantitative estimate of drug-likeness (QED) is 0.193. The molecule has 0 fully saturated rings. The largest absolute Gasteiger partial charge is 0.528 e. The maximum absolute atomic E-state index is 13.0. The summed E-state index contributed by atoms with van der Waals surface area (Å²) >= 11 is 0. The highest BCUT2D eigenvalue weighted by Crippen LogP contribution is 2.44. The third kappa shape index (κ3) is 9.57. The van der Waals surface area contributed by atoms with Gasteiger partial charge in [-0.15, -0.1) is 0 Å². The Morgan fingerprint density at radius 3 is 1.81 bits per heavy atom. The predicted octanol–water partition coefficient (Wildman–Crippen LogP) is 6.73. The highest BCUT2D eigenvalue weighted by molar-refractivity contribution is 6.06. The summed E-state index contributed by atoms with van der Waals surface area (Å²) in [6.07, 6.45) is 19.7. The first-order valence-electron chi connectivity index (χ1n) is 11.7. The molecule has 26 heavy (non-hydrogen) atoms. The van der Waals surface area contributed by atoms with Gasteiger partial charge in [0, 0.05) is 0 Å². The fraction of sp³-hybridized carbons (Fsp3) is 0.957. The molecular weight excluding hydrogens is 336 g/mol. The highest BCUT2D eigenvalue weighted by atomic mass is 28.2. The molecule has 0 N–H and O–H groups in total. The molecule has 0 saturated heterocycles. The molecule has 0 aromatic rings. The first-order valence-corrected chi connectivity index (χ1v) is 12.5. The summed E-state index contributed by atoms with van der Waals surface area (Å²) in [5, 5.41) is 0. The molecule has 156 valence electrons. The molecule has 0 bridgehead atoms. The lowest BCUT2D eigenvalue weighted by Crippen LogP contribution is -2.40. The summed E-state index contributed by atoms with van der Waals surface area (Å²) in [6, 6.07) is 0. The number of unbranched alkanes of at least 4 members (excludes halogenated alkanes) is 8. The number of rotatable bonds is 18. The van der Waals surface area contributed by atoms with Crippen LogP contribution in [-0.2, 0) is 9.22 Å². The normalized spacial score (nSPS) is 14.9. The Morgan fingerprint density at radius 2 is 1.31 bits per heavy atom. The molecule has 0 aromatic heterocycles. The van der Waals surface area contributed by atoms with Crippen molar-refractivity contribution in [3.8, 4) is 0 Å². The van der Waals surface area contributed by atoms with E-state index in [9.17, 15) is 4.79 Å². The van der Waals surface area contributed by atoms with Crippen LogP contribution in [0.4, 0.5) is 0 Å². The summed E-state index contributed by atoms with van der Waals surface area (Å²) in [4.78, 5) is 13.0. The van der Waals surface area contributed by atoms with Gasteiger partial charge in [0.2, 0.25) is 10.5 Å². The molecule has 0 aromatic carbocycles. The van der Waals surface area contributed by atoms with Crippen LogP contribution in [-0.4, -0.2) is 16.5 Å². The smallest absolute Gasteiger partial charge is 0.298 e. The Balaban J connectivity index is 5.06. The van der Waals surface area contributed by atoms with Gasteiger partial charge in [0.15, 0.2) is 0 Å². The Morgan fingerprint density at radius 1 is 0.731 bits per heavy atom. The monoisotopic (exact) mass is 384 g/mol. The predicted molar refractivity (Wildman–Crippen MR) is 119 cm³/mol. The van der Waals surface area contributed by atoms with E-state index < -0.39 is 0 Å². The van der Waals surface area contributed by atoms with Crippen LogP contribution in [0, 0.1) is 11.3 Å². The fourth-order valence-corrected chi connectivity index (χ4v) is 5.04. The van der Waals surface area contributed by atoms with Crippen LogP contribution in [0.5, 0.6) is 0 Å². The van der Waals surface area contributed by atoms with Crippen molar-refractivity contribution in [3.05, 3.63) is 0 Å². The number of carbonyl (C=O) groups is 1. The molecule has 2 nitrogen and oxygen atoms in total. The van der Waals surface area contributed by atoms with E-state index in [0.29, 0.717) is 16.4 Å². The van der Waals surface area contributed by atoms with E-state index in [1.807, 2.05) is 0 Å². The van der Waals surface area contributed by atoms with Crippen LogP contribution in [0.25, 0.3) is 0 Å². The van der Waals surface area contributed by atoms with Crippen LogP contribution in [0.1, 0.15) is 130 Å². The van der Waals surface area contributed by atoms with Crippen molar-refractivity contribution in [1.29, 1.82) is 0 Å². The van der Waals surface area contributed by atoms with Crippen molar-refractivity contribution >= 4 is 16.5 Å². The van der Waals surface area contributed by atoms with Crippen LogP contribution in [0.3, 0.4) is 0 Å². The van der Waals surface area contributed by atoms with Gasteiger partial charge in [-0.05, 0) is 31.6 Å². The van der Waals surface area contributed by atoms with Gasteiger partial charge >= 0.3 is 0 Å². The average molecular weight is 385 g/mol. The van der Waals surface area contributed by atoms with Gasteiger partial charge in [-0.3, -0.25) is 4.79 Å². The van der Waals surface area contributed by atoms with Gasteiger partial charge in [-0.25, -0.2) is 0 Å². The van der Waals surface area contributed by atoms with Gasteiger partial charge in [-0.2, -0.15) is 0 Å². The Labute approximate surface area is 167 Å². The Hall–Kier alpha value is -0.313. The third-order valence-corrected chi connectivity index (χ3v) is 6.46. The number of carbonyl (C=O) groups excluding carboxylic acids is 1. The molecule has 0 aliphatic rings. The standard InChI is InChI=1S/C23H48O2Si/c1-5-9-11-13-15-18-21(17-7-3)23(19-8-4,22(24)25-26)20-16-14-12-10-6-2/h21H,5-20H2,1-4,26H3. The average Bonchev–Trinajstić information content (AvgIpc) is 2.65. The van der Waals surface area contributed by atoms with E-state index in [1.165, 1.54) is 83.5 Å². The first kappa shape index (κ1) is 25.7. The van der Waals surface area contributed by atoms with Crippen molar-refractivity contribution in [2.75, 3.05) is 0 Å². The minimum atomic E-state index is -0.205. The van der Waals surface area contributed by atoms with Crippen molar-refractivity contribution in [3.63, 3.8) is 0 Å². The second kappa shape index (κ2) is 16.8. The Kier molecular flexibility index (Phi) is 16.6. The molecule has 3 heteroatoms. The maximum atomic E-state index is 13.0. The molecule has 0 aliphatic heterocycles. The summed E-state index contributed by atoms with van der Waals surface area (Å²) in [5.74, 6) is 0.648. The second-order valence-electron chi connectivity index (χ2n) is 8.25. The molecule has 0 spiro atoms. The lowest BCUT2D eigenvalue weighted by Gasteiger charge is -2.39. The van der Waals surface area contributed by atoms with Crippen LogP contribution in [0.2, 0.25) is 0 Å². The fourth-order valence-electron chi connectivity index (χ4n) is 4.64. The zero-order chi connectivity index (χ0) is 19.7. The van der Waals surface area contributed by atoms with E-state index in [4.69, 9.17) is 4.43 Å². The van der Waals surface area contributed by atoms with E-state index in [-0.39, 0.29) is 11.4 Å². The molecule has 0 radical (unpaired) electrons. The van der Waals surface area contributed by atoms with E-state index in [1.54, 1.807) is 0 Å². The summed E-state index contributed by atoms with van der Waals surface area (Å²) in [7, 11) is 0.528. The lowest BCUT2D eigenvalue weighted by molar-refractivity contribution is -0.151. The van der Waals surface area contributed by atoms with E-state index >= 15 is 0 Å². The van der Waals surface area contributed by atoms with Crippen LogP contribution < -0.4 is 0 Å². The van der Waals surface area contributed by atoms with Crippen molar-refractivity contribution in [2.24, 2.45) is 11.3 Å². The van der Waals surface area contributed by atoms with Crippen molar-refractivity contribution < 1.29 is 9.22 Å². The molecule has 2 unspecified atom stereocenters. The zero-order valence-electron chi connectivity index (χ0n) is 18.7. The first-order chi connectivity index (χ1) is 12.6. The van der Waals surface area contributed by atoms with Crippen LogP contribution in [0.15, 0.2) is 0 Å². The van der Waals surface area contributed by atoms with Crippen LogP contribution >= 0.6 is 0 Å². The minimum Gasteiger partial charge on any atom is -0.528 e. The molecule has 2 atom stereocenters. The topological polar surface area (TPSA) is 26.3 Å². The van der Waals surface area contributed by atoms with Crippen molar-refractivity contribution in [2.45, 2.75) is 130 Å². The molecule has 0 rings (SSSR count). The molecule has 0 aliphatic carbocycles. The summed E-state index contributed by atoms with van der Waals surface area (Å²) in [5.41, 5.74) is -0.205. The molecular formula is C23H48O2Si. The van der Waals surface area contributed by atoms with Gasteiger partial charge in [0.1, 0.15) is 0 Å². The molecule has 0 heterocycles. The molecule has 0 amide bonds. The van der Waals surface area contributed by atoms with E-state index in [0.717, 1.165) is 19.3 Å². The lowest BCUT2D eigenvalue weighted by atomic mass is 9.65. The second-order valence-corrected chi connectivity index (χ2v) is 8.66. The SMILES string of the molecule is CCCCCCCC(CCC)C(CCC)(CCCCCCC)C(=O)O[SiH3]. The zero-order valence-corrected chi connectivity index (χ0v) is 20.7. The third-order valence-electron chi connectivity index (χ3n) is 6.09. The number of hydrogen-bond donors (Lipinski definition) is 0. The van der Waals surface area contributed by atoms with Gasteiger partial charge < -0.3 is 4.43 Å². The van der Waals surface area contributed by atoms with Gasteiger partial charge in [0.25, 0.3) is 5.97 Å². The Bertz CT molecular complexity index is 332. The maximum Gasteiger partial charge on any atom is 0.298 e. The number of hydrogen-bond acceptors (Lipinski definition) is 2. The summed E-state index contributed by atoms with van der Waals surface area (Å²) in [6.45, 7) is 9.03. The summed E-state index contributed by atoms with van der Waals surface area (Å²) < 4.78 is 5.52. The van der Waals surface area contributed by atoms with Crippen molar-refractivity contribution in [1.82, 2.24) is 0 Å². The molecule has 0 saturated carbocycles. The highest BCUT2D eigenvalue weighted by Gasteiger charge is 2.44.